The van der Waals surface area contributed by atoms with Crippen molar-refractivity contribution >= 4 is 5.97 Å². The molecule has 1 aromatic rings. The Hall–Kier alpha value is -2.08. The summed E-state index contributed by atoms with van der Waals surface area (Å²) in [6.07, 6.45) is 3.60. The normalized spacial score (nSPS) is 10.0. The van der Waals surface area contributed by atoms with Crippen LogP contribution in [0.1, 0.15) is 24.5 Å². The summed E-state index contributed by atoms with van der Waals surface area (Å²) < 4.78 is 13.5. The van der Waals surface area contributed by atoms with E-state index in [1.165, 1.54) is 6.07 Å². The Balaban J connectivity index is 2.80. The van der Waals surface area contributed by atoms with E-state index in [4.69, 9.17) is 5.11 Å². The molecule has 0 heterocycles. The Morgan fingerprint density at radius 3 is 2.88 bits per heavy atom. The first kappa shape index (κ1) is 13.0. The highest BCUT2D eigenvalue weighted by Gasteiger charge is 2.05. The van der Waals surface area contributed by atoms with Gasteiger partial charge in [0.2, 0.25) is 0 Å². The highest BCUT2D eigenvalue weighted by molar-refractivity contribution is 5.67. The summed E-state index contributed by atoms with van der Waals surface area (Å²) in [7, 11) is 0. The van der Waals surface area contributed by atoms with E-state index in [1.54, 1.807) is 24.3 Å². The van der Waals surface area contributed by atoms with Gasteiger partial charge in [0, 0.05) is 12.0 Å². The van der Waals surface area contributed by atoms with Gasteiger partial charge >= 0.3 is 5.97 Å². The molecule has 0 radical (unpaired) electrons. The van der Waals surface area contributed by atoms with Crippen molar-refractivity contribution in [2.45, 2.75) is 19.8 Å². The van der Waals surface area contributed by atoms with Crippen molar-refractivity contribution in [2.24, 2.45) is 0 Å². The summed E-state index contributed by atoms with van der Waals surface area (Å²) >= 11 is 0. The van der Waals surface area contributed by atoms with E-state index in [2.05, 4.69) is 11.8 Å². The predicted molar refractivity (Wildman–Crippen MR) is 64.0 cm³/mol. The first-order valence-electron chi connectivity index (χ1n) is 5.26. The average molecular weight is 232 g/mol. The average Bonchev–Trinajstić information content (AvgIpc) is 2.28. The van der Waals surface area contributed by atoms with Crippen LogP contribution in [0.15, 0.2) is 30.4 Å². The first-order chi connectivity index (χ1) is 8.13. The van der Waals surface area contributed by atoms with E-state index >= 15 is 0 Å². The van der Waals surface area contributed by atoms with Crippen LogP contribution in [0, 0.1) is 17.7 Å². The molecule has 0 saturated carbocycles. The molecular weight excluding hydrogens is 219 g/mol. The quantitative estimate of drug-likeness (QED) is 0.813. The molecule has 0 aliphatic heterocycles. The molecule has 1 aromatic carbocycles. The van der Waals surface area contributed by atoms with Gasteiger partial charge < -0.3 is 5.11 Å². The van der Waals surface area contributed by atoms with Crippen LogP contribution >= 0.6 is 0 Å². The highest BCUT2D eigenvalue weighted by atomic mass is 19.1. The van der Waals surface area contributed by atoms with Crippen molar-refractivity contribution in [2.75, 3.05) is 0 Å². The van der Waals surface area contributed by atoms with Crippen molar-refractivity contribution in [1.29, 1.82) is 0 Å². The molecule has 0 spiro atoms. The number of carboxylic acid groups (broad SMARTS) is 1. The Morgan fingerprint density at radius 1 is 1.53 bits per heavy atom. The summed E-state index contributed by atoms with van der Waals surface area (Å²) in [4.78, 5) is 10.4. The molecule has 17 heavy (non-hydrogen) atoms. The van der Waals surface area contributed by atoms with Gasteiger partial charge in [-0.1, -0.05) is 24.0 Å². The molecule has 1 N–H and O–H groups in total. The number of allylic oxidation sites excluding steroid dienone is 2. The zero-order chi connectivity index (χ0) is 12.7. The maximum atomic E-state index is 13.5. The topological polar surface area (TPSA) is 37.3 Å². The van der Waals surface area contributed by atoms with E-state index < -0.39 is 11.8 Å². The van der Waals surface area contributed by atoms with E-state index in [1.807, 2.05) is 6.92 Å². The molecule has 0 atom stereocenters. The number of aryl methyl sites for hydroxylation is 1. The van der Waals surface area contributed by atoms with Crippen molar-refractivity contribution in [3.05, 3.63) is 47.3 Å². The minimum atomic E-state index is -0.929. The molecule has 0 aliphatic rings. The third-order valence-electron chi connectivity index (χ3n) is 2.13. The fourth-order valence-electron chi connectivity index (χ4n) is 1.28. The van der Waals surface area contributed by atoms with Crippen molar-refractivity contribution in [1.82, 2.24) is 0 Å². The van der Waals surface area contributed by atoms with Crippen LogP contribution in [0.5, 0.6) is 0 Å². The predicted octanol–water partition coefficient (Wildman–Crippen LogP) is 2.77. The molecular formula is C14H13FO2. The van der Waals surface area contributed by atoms with Gasteiger partial charge in [-0.05, 0) is 37.1 Å². The zero-order valence-corrected chi connectivity index (χ0v) is 9.53. The molecule has 1 rings (SSSR count). The van der Waals surface area contributed by atoms with Crippen molar-refractivity contribution in [3.8, 4) is 11.8 Å². The fraction of sp³-hybridized carbons (Fsp3) is 0.214. The van der Waals surface area contributed by atoms with Gasteiger partial charge in [-0.25, -0.2) is 4.39 Å². The third-order valence-corrected chi connectivity index (χ3v) is 2.13. The van der Waals surface area contributed by atoms with Crippen molar-refractivity contribution < 1.29 is 14.3 Å². The monoisotopic (exact) mass is 232 g/mol. The molecule has 3 heteroatoms. The largest absolute Gasteiger partial charge is 0.481 e. The van der Waals surface area contributed by atoms with E-state index in [0.717, 1.165) is 0 Å². The minimum absolute atomic E-state index is 0.0689. The highest BCUT2D eigenvalue weighted by Crippen LogP contribution is 2.12. The smallest absolute Gasteiger partial charge is 0.303 e. The second kappa shape index (κ2) is 6.49. The molecule has 2 nitrogen and oxygen atoms in total. The lowest BCUT2D eigenvalue weighted by Crippen LogP contribution is -1.99. The second-order valence-electron chi connectivity index (χ2n) is 3.47. The van der Waals surface area contributed by atoms with Crippen LogP contribution in [-0.4, -0.2) is 11.1 Å². The third kappa shape index (κ3) is 4.52. The number of hydrogen-bond donors (Lipinski definition) is 1. The number of carbonyl (C=O) groups is 1. The molecule has 0 fully saturated rings. The van der Waals surface area contributed by atoms with Crippen LogP contribution in [-0.2, 0) is 11.2 Å². The standard InChI is InChI=1S/C14H13FO2/c1-2-3-4-5-11-6-7-12(13(15)10-11)8-9-14(16)17/h2-3,6-7,10H,8-9H2,1H3,(H,16,17)/b3-2-. The zero-order valence-electron chi connectivity index (χ0n) is 9.53. The lowest BCUT2D eigenvalue weighted by Gasteiger charge is -2.01. The maximum absolute atomic E-state index is 13.5. The van der Waals surface area contributed by atoms with Crippen LogP contribution in [0.3, 0.4) is 0 Å². The van der Waals surface area contributed by atoms with Gasteiger partial charge in [-0.3, -0.25) is 4.79 Å². The SMILES string of the molecule is C/C=C\C#Cc1ccc(CCC(=O)O)c(F)c1. The second-order valence-corrected chi connectivity index (χ2v) is 3.47. The fourth-order valence-corrected chi connectivity index (χ4v) is 1.28. The first-order valence-corrected chi connectivity index (χ1v) is 5.26. The van der Waals surface area contributed by atoms with Gasteiger partial charge in [-0.2, -0.15) is 0 Å². The molecule has 0 amide bonds. The lowest BCUT2D eigenvalue weighted by molar-refractivity contribution is -0.136. The molecule has 0 saturated heterocycles. The van der Waals surface area contributed by atoms with Crippen LogP contribution in [0.2, 0.25) is 0 Å². The summed E-state index contributed by atoms with van der Waals surface area (Å²) in [6.45, 7) is 1.85. The molecule has 0 bridgehead atoms. The Bertz CT molecular complexity index is 493. The number of halogens is 1. The number of rotatable bonds is 3. The number of benzene rings is 1. The van der Waals surface area contributed by atoms with Crippen LogP contribution in [0.25, 0.3) is 0 Å². The summed E-state index contributed by atoms with van der Waals surface area (Å²) in [6, 6.07) is 4.60. The van der Waals surface area contributed by atoms with Gasteiger partial charge in [-0.15, -0.1) is 0 Å². The lowest BCUT2D eigenvalue weighted by atomic mass is 10.1. The maximum Gasteiger partial charge on any atom is 0.303 e. The van der Waals surface area contributed by atoms with E-state index in [-0.39, 0.29) is 12.8 Å². The van der Waals surface area contributed by atoms with Crippen molar-refractivity contribution in [3.63, 3.8) is 0 Å². The molecule has 0 aliphatic carbocycles. The number of carboxylic acids is 1. The number of aliphatic carboxylic acids is 1. The minimum Gasteiger partial charge on any atom is -0.481 e. The molecule has 0 aromatic heterocycles. The Morgan fingerprint density at radius 2 is 2.29 bits per heavy atom. The van der Waals surface area contributed by atoms with E-state index in [0.29, 0.717) is 11.1 Å². The summed E-state index contributed by atoms with van der Waals surface area (Å²) in [5.74, 6) is 4.21. The Kier molecular flexibility index (Phi) is 4.96. The van der Waals surface area contributed by atoms with Gasteiger partial charge in [0.05, 0.1) is 0 Å². The number of hydrogen-bond acceptors (Lipinski definition) is 1. The van der Waals surface area contributed by atoms with Gasteiger partial charge in [0.25, 0.3) is 0 Å². The summed E-state index contributed by atoms with van der Waals surface area (Å²) in [5, 5.41) is 8.51. The molecule has 88 valence electrons. The van der Waals surface area contributed by atoms with Gasteiger partial charge in [0.1, 0.15) is 5.82 Å². The molecule has 0 unspecified atom stereocenters. The van der Waals surface area contributed by atoms with Crippen LogP contribution < -0.4 is 0 Å². The Labute approximate surface area is 99.8 Å². The van der Waals surface area contributed by atoms with Gasteiger partial charge in [0.15, 0.2) is 0 Å². The van der Waals surface area contributed by atoms with E-state index in [9.17, 15) is 9.18 Å². The van der Waals surface area contributed by atoms with Crippen LogP contribution in [0.4, 0.5) is 4.39 Å². The summed E-state index contributed by atoms with van der Waals surface area (Å²) in [5.41, 5.74) is 0.989.